The van der Waals surface area contributed by atoms with Crippen molar-refractivity contribution in [2.24, 2.45) is 16.6 Å². The van der Waals surface area contributed by atoms with Gasteiger partial charge in [0, 0.05) is 45.8 Å². The Morgan fingerprint density at radius 3 is 2.96 bits per heavy atom. The van der Waals surface area contributed by atoms with E-state index in [0.717, 1.165) is 63.6 Å². The van der Waals surface area contributed by atoms with E-state index in [1.165, 1.54) is 0 Å². The molecule has 0 aromatic carbocycles. The Labute approximate surface area is 150 Å². The van der Waals surface area contributed by atoms with Crippen molar-refractivity contribution in [3.05, 3.63) is 24.4 Å². The molecule has 1 atom stereocenters. The molecule has 138 valence electrons. The molecular formula is C18H30N6O. The molecule has 1 fully saturated rings. The number of rotatable bonds is 8. The number of amides is 1. The molecule has 1 amide bonds. The summed E-state index contributed by atoms with van der Waals surface area (Å²) in [5, 5.41) is 6.74. The quantitative estimate of drug-likeness (QED) is 0.376. The van der Waals surface area contributed by atoms with Gasteiger partial charge in [0.15, 0.2) is 5.96 Å². The first-order chi connectivity index (χ1) is 12.2. The van der Waals surface area contributed by atoms with Gasteiger partial charge in [-0.25, -0.2) is 4.98 Å². The van der Waals surface area contributed by atoms with Crippen LogP contribution in [0.1, 0.15) is 32.1 Å². The van der Waals surface area contributed by atoms with Crippen molar-refractivity contribution in [1.29, 1.82) is 0 Å². The zero-order valence-corrected chi connectivity index (χ0v) is 15.1. The van der Waals surface area contributed by atoms with Gasteiger partial charge in [-0.15, -0.1) is 0 Å². The predicted molar refractivity (Wildman–Crippen MR) is 101 cm³/mol. The highest BCUT2D eigenvalue weighted by molar-refractivity contribution is 5.80. The molecule has 25 heavy (non-hydrogen) atoms. The number of primary amides is 1. The van der Waals surface area contributed by atoms with Gasteiger partial charge in [-0.2, -0.15) is 0 Å². The monoisotopic (exact) mass is 346 g/mol. The van der Waals surface area contributed by atoms with E-state index >= 15 is 0 Å². The maximum Gasteiger partial charge on any atom is 0.217 e. The zero-order valence-electron chi connectivity index (χ0n) is 15.1. The topological polar surface area (TPSA) is 95.6 Å². The number of unbranched alkanes of at least 4 members (excludes halogenated alkanes) is 1. The highest BCUT2D eigenvalue weighted by Gasteiger charge is 2.23. The number of nitrogens with one attached hydrogen (secondary N) is 2. The highest BCUT2D eigenvalue weighted by Crippen LogP contribution is 2.19. The number of aliphatic imine (C=N–C) groups is 1. The lowest BCUT2D eigenvalue weighted by Crippen LogP contribution is -2.47. The number of nitrogens with zero attached hydrogens (tertiary/aromatic N) is 3. The lowest BCUT2D eigenvalue weighted by Gasteiger charge is -2.34. The number of aromatic nitrogens is 1. The molecule has 4 N–H and O–H groups in total. The van der Waals surface area contributed by atoms with Crippen LogP contribution in [-0.2, 0) is 4.79 Å². The smallest absolute Gasteiger partial charge is 0.217 e. The second-order valence-corrected chi connectivity index (χ2v) is 6.45. The van der Waals surface area contributed by atoms with Gasteiger partial charge in [-0.1, -0.05) is 6.07 Å². The number of carbonyl (C=O) groups is 1. The summed E-state index contributed by atoms with van der Waals surface area (Å²) in [6.45, 7) is 3.62. The average molecular weight is 346 g/mol. The van der Waals surface area contributed by atoms with Crippen molar-refractivity contribution in [3.63, 3.8) is 0 Å². The number of anilines is 1. The SMILES string of the molecule is CN=C(NCCCCNc1ccccn1)N1CCCC(CC(N)=O)C1. The van der Waals surface area contributed by atoms with E-state index in [0.29, 0.717) is 12.3 Å². The van der Waals surface area contributed by atoms with Gasteiger partial charge in [0.1, 0.15) is 5.82 Å². The van der Waals surface area contributed by atoms with Crippen molar-refractivity contribution >= 4 is 17.7 Å². The fourth-order valence-electron chi connectivity index (χ4n) is 3.17. The lowest BCUT2D eigenvalue weighted by molar-refractivity contribution is -0.119. The molecule has 7 nitrogen and oxygen atoms in total. The fourth-order valence-corrected chi connectivity index (χ4v) is 3.17. The molecule has 1 unspecified atom stereocenters. The molecule has 1 aliphatic heterocycles. The zero-order chi connectivity index (χ0) is 17.9. The molecule has 0 aliphatic carbocycles. The van der Waals surface area contributed by atoms with E-state index in [1.807, 2.05) is 25.2 Å². The summed E-state index contributed by atoms with van der Waals surface area (Å²) in [4.78, 5) is 22.0. The van der Waals surface area contributed by atoms with E-state index in [9.17, 15) is 4.79 Å². The standard InChI is InChI=1S/C18H30N6O/c1-20-18(24-12-6-7-15(14-24)13-16(19)25)23-11-5-4-10-22-17-8-2-3-9-21-17/h2-3,8-9,15H,4-7,10-14H2,1H3,(H2,19,25)(H,20,23)(H,21,22). The van der Waals surface area contributed by atoms with Crippen molar-refractivity contribution in [2.75, 3.05) is 38.5 Å². The third-order valence-electron chi connectivity index (χ3n) is 4.38. The van der Waals surface area contributed by atoms with Crippen LogP contribution in [0.25, 0.3) is 0 Å². The number of hydrogen-bond acceptors (Lipinski definition) is 4. The van der Waals surface area contributed by atoms with Gasteiger partial charge in [-0.05, 0) is 43.7 Å². The van der Waals surface area contributed by atoms with Crippen molar-refractivity contribution in [2.45, 2.75) is 32.1 Å². The molecule has 1 aromatic rings. The summed E-state index contributed by atoms with van der Waals surface area (Å²) < 4.78 is 0. The number of piperidine rings is 1. The Bertz CT molecular complexity index is 548. The Balaban J connectivity index is 1.63. The second-order valence-electron chi connectivity index (χ2n) is 6.45. The predicted octanol–water partition coefficient (Wildman–Crippen LogP) is 1.44. The number of nitrogens with two attached hydrogens (primary N) is 1. The molecule has 1 aromatic heterocycles. The summed E-state index contributed by atoms with van der Waals surface area (Å²) >= 11 is 0. The largest absolute Gasteiger partial charge is 0.370 e. The molecular weight excluding hydrogens is 316 g/mol. The van der Waals surface area contributed by atoms with Crippen LogP contribution in [-0.4, -0.2) is 55.0 Å². The summed E-state index contributed by atoms with van der Waals surface area (Å²) in [6, 6.07) is 5.86. The van der Waals surface area contributed by atoms with E-state index in [-0.39, 0.29) is 5.91 Å². The van der Waals surface area contributed by atoms with Crippen molar-refractivity contribution in [3.8, 4) is 0 Å². The van der Waals surface area contributed by atoms with Crippen LogP contribution in [0, 0.1) is 5.92 Å². The van der Waals surface area contributed by atoms with Gasteiger partial charge in [0.05, 0.1) is 0 Å². The first-order valence-electron chi connectivity index (χ1n) is 9.08. The lowest BCUT2D eigenvalue weighted by atomic mass is 9.95. The molecule has 2 rings (SSSR count). The normalized spacial score (nSPS) is 18.0. The molecule has 0 saturated carbocycles. The minimum Gasteiger partial charge on any atom is -0.370 e. The first kappa shape index (κ1) is 19.0. The van der Waals surface area contributed by atoms with Crippen LogP contribution in [0.15, 0.2) is 29.4 Å². The molecule has 7 heteroatoms. The molecule has 0 bridgehead atoms. The maximum absolute atomic E-state index is 11.1. The average Bonchev–Trinajstić information content (AvgIpc) is 2.62. The van der Waals surface area contributed by atoms with Crippen LogP contribution in [0.5, 0.6) is 0 Å². The van der Waals surface area contributed by atoms with Gasteiger partial charge < -0.3 is 21.3 Å². The number of pyridine rings is 1. The van der Waals surface area contributed by atoms with Gasteiger partial charge in [0.25, 0.3) is 0 Å². The molecule has 0 radical (unpaired) electrons. The van der Waals surface area contributed by atoms with E-state index in [2.05, 4.69) is 25.5 Å². The van der Waals surface area contributed by atoms with Crippen molar-refractivity contribution < 1.29 is 4.79 Å². The summed E-state index contributed by atoms with van der Waals surface area (Å²) in [7, 11) is 1.81. The van der Waals surface area contributed by atoms with Crippen LogP contribution in [0.2, 0.25) is 0 Å². The summed E-state index contributed by atoms with van der Waals surface area (Å²) in [6.07, 6.45) is 6.51. The minimum absolute atomic E-state index is 0.213. The maximum atomic E-state index is 11.1. The summed E-state index contributed by atoms with van der Waals surface area (Å²) in [5.74, 6) is 1.97. The Morgan fingerprint density at radius 1 is 1.40 bits per heavy atom. The van der Waals surface area contributed by atoms with Gasteiger partial charge >= 0.3 is 0 Å². The summed E-state index contributed by atoms with van der Waals surface area (Å²) in [5.41, 5.74) is 5.33. The Kier molecular flexibility index (Phi) is 8.01. The van der Waals surface area contributed by atoms with Crippen LogP contribution >= 0.6 is 0 Å². The minimum atomic E-state index is -0.213. The number of likely N-dealkylation sites (tertiary alicyclic amines) is 1. The van der Waals surface area contributed by atoms with Gasteiger partial charge in [0.2, 0.25) is 5.91 Å². The van der Waals surface area contributed by atoms with Crippen LogP contribution in [0.4, 0.5) is 5.82 Å². The Hall–Kier alpha value is -2.31. The molecule has 2 heterocycles. The number of carbonyl (C=O) groups excluding carboxylic acids is 1. The first-order valence-corrected chi connectivity index (χ1v) is 9.08. The number of hydrogen-bond donors (Lipinski definition) is 3. The number of guanidine groups is 1. The third-order valence-corrected chi connectivity index (χ3v) is 4.38. The van der Waals surface area contributed by atoms with Crippen molar-refractivity contribution in [1.82, 2.24) is 15.2 Å². The Morgan fingerprint density at radius 2 is 2.24 bits per heavy atom. The van der Waals surface area contributed by atoms with Crippen LogP contribution in [0.3, 0.4) is 0 Å². The fraction of sp³-hybridized carbons (Fsp3) is 0.611. The van der Waals surface area contributed by atoms with E-state index in [1.54, 1.807) is 6.20 Å². The molecule has 1 saturated heterocycles. The molecule has 1 aliphatic rings. The van der Waals surface area contributed by atoms with Crippen LogP contribution < -0.4 is 16.4 Å². The molecule has 0 spiro atoms. The third kappa shape index (κ3) is 6.99. The second kappa shape index (κ2) is 10.5. The van der Waals surface area contributed by atoms with E-state index < -0.39 is 0 Å². The highest BCUT2D eigenvalue weighted by atomic mass is 16.1. The van der Waals surface area contributed by atoms with E-state index in [4.69, 9.17) is 5.73 Å². The van der Waals surface area contributed by atoms with Gasteiger partial charge in [-0.3, -0.25) is 9.79 Å².